The van der Waals surface area contributed by atoms with Gasteiger partial charge in [0.15, 0.2) is 11.5 Å². The number of ether oxygens (including phenoxy) is 2. The van der Waals surface area contributed by atoms with Crippen LogP contribution >= 0.6 is 15.9 Å². The third-order valence-corrected chi connectivity index (χ3v) is 5.34. The lowest BCUT2D eigenvalue weighted by Gasteiger charge is -2.16. The molecular weight excluding hydrogens is 482 g/mol. The van der Waals surface area contributed by atoms with Gasteiger partial charge in [0.25, 0.3) is 0 Å². The number of nitrogens with zero attached hydrogens (tertiary/aromatic N) is 1. The Bertz CT molecular complexity index is 1140. The number of hydrogen-bond acceptors (Lipinski definition) is 4. The van der Waals surface area contributed by atoms with Crippen LogP contribution in [0.25, 0.3) is 0 Å². The number of aryl methyl sites for hydroxylation is 1. The number of amides is 2. The number of urea groups is 1. The quantitative estimate of drug-likeness (QED) is 0.205. The minimum atomic E-state index is -0.423. The fourth-order valence-electron chi connectivity index (χ4n) is 3.15. The first-order valence-corrected chi connectivity index (χ1v) is 11.1. The molecule has 2 N–H and O–H groups in total. The predicted molar refractivity (Wildman–Crippen MR) is 136 cm³/mol. The Labute approximate surface area is 202 Å². The zero-order valence-electron chi connectivity index (χ0n) is 18.6. The van der Waals surface area contributed by atoms with Gasteiger partial charge in [-0.3, -0.25) is 0 Å². The molecule has 7 heteroatoms. The minimum absolute atomic E-state index is 0.405. The number of para-hydroxylation sites is 1. The largest absolute Gasteiger partial charge is 0.493 e. The summed E-state index contributed by atoms with van der Waals surface area (Å²) in [4.78, 5) is 12.1. The molecule has 170 valence electrons. The fourth-order valence-corrected chi connectivity index (χ4v) is 3.41. The van der Waals surface area contributed by atoms with Crippen molar-refractivity contribution in [2.45, 2.75) is 20.0 Å². The van der Waals surface area contributed by atoms with E-state index in [4.69, 9.17) is 9.47 Å². The zero-order chi connectivity index (χ0) is 23.6. The maximum Gasteiger partial charge on any atom is 0.339 e. The first-order valence-electron chi connectivity index (χ1n) is 10.3. The molecule has 0 aliphatic carbocycles. The summed E-state index contributed by atoms with van der Waals surface area (Å²) in [6.07, 6.45) is 3.95. The summed E-state index contributed by atoms with van der Waals surface area (Å²) < 4.78 is 12.7. The Morgan fingerprint density at radius 2 is 1.91 bits per heavy atom. The lowest BCUT2D eigenvalue weighted by Crippen LogP contribution is -2.24. The van der Waals surface area contributed by atoms with Crippen molar-refractivity contribution in [1.82, 2.24) is 5.43 Å². The van der Waals surface area contributed by atoms with E-state index in [9.17, 15) is 4.79 Å². The van der Waals surface area contributed by atoms with Crippen LogP contribution in [-0.2, 0) is 13.0 Å². The Morgan fingerprint density at radius 1 is 1.15 bits per heavy atom. The summed E-state index contributed by atoms with van der Waals surface area (Å²) in [7, 11) is 1.59. The highest BCUT2D eigenvalue weighted by molar-refractivity contribution is 9.10. The normalized spacial score (nSPS) is 10.6. The molecule has 0 bridgehead atoms. The second-order valence-electron chi connectivity index (χ2n) is 7.26. The van der Waals surface area contributed by atoms with Crippen molar-refractivity contribution in [2.24, 2.45) is 5.10 Å². The van der Waals surface area contributed by atoms with Gasteiger partial charge in [-0.1, -0.05) is 52.3 Å². The van der Waals surface area contributed by atoms with Gasteiger partial charge in [0, 0.05) is 15.7 Å². The van der Waals surface area contributed by atoms with Crippen LogP contribution < -0.4 is 20.2 Å². The van der Waals surface area contributed by atoms with E-state index in [0.29, 0.717) is 24.5 Å². The van der Waals surface area contributed by atoms with E-state index >= 15 is 0 Å². The molecule has 0 saturated carbocycles. The number of hydrazone groups is 1. The molecule has 0 fully saturated rings. The van der Waals surface area contributed by atoms with E-state index in [1.165, 1.54) is 0 Å². The smallest absolute Gasteiger partial charge is 0.339 e. The third-order valence-electron chi connectivity index (χ3n) is 4.81. The number of carbonyl (C=O) groups excluding carboxylic acids is 1. The van der Waals surface area contributed by atoms with Gasteiger partial charge < -0.3 is 14.8 Å². The van der Waals surface area contributed by atoms with Crippen LogP contribution in [0.2, 0.25) is 0 Å². The number of allylic oxidation sites excluding steroid dienone is 1. The monoisotopic (exact) mass is 507 g/mol. The van der Waals surface area contributed by atoms with E-state index in [2.05, 4.69) is 38.4 Å². The first kappa shape index (κ1) is 24.1. The van der Waals surface area contributed by atoms with Crippen molar-refractivity contribution in [2.75, 3.05) is 12.4 Å². The molecule has 3 aromatic carbocycles. The maximum absolute atomic E-state index is 12.1. The van der Waals surface area contributed by atoms with Crippen molar-refractivity contribution in [1.29, 1.82) is 0 Å². The zero-order valence-corrected chi connectivity index (χ0v) is 20.2. The molecule has 33 heavy (non-hydrogen) atoms. The summed E-state index contributed by atoms with van der Waals surface area (Å²) in [6.45, 7) is 6.17. The van der Waals surface area contributed by atoms with Crippen molar-refractivity contribution in [3.63, 3.8) is 0 Å². The lowest BCUT2D eigenvalue weighted by molar-refractivity contribution is 0.252. The number of halogens is 1. The lowest BCUT2D eigenvalue weighted by atomic mass is 10.1. The third kappa shape index (κ3) is 6.95. The number of rotatable bonds is 9. The van der Waals surface area contributed by atoms with Crippen molar-refractivity contribution in [3.8, 4) is 11.5 Å². The van der Waals surface area contributed by atoms with E-state index < -0.39 is 6.03 Å². The molecule has 0 heterocycles. The van der Waals surface area contributed by atoms with Crippen molar-refractivity contribution >= 4 is 33.9 Å². The summed E-state index contributed by atoms with van der Waals surface area (Å²) >= 11 is 3.44. The SMILES string of the molecule is C=CCc1cc(C=NNC(=O)Nc2ccccc2C)cc(OC)c1OCc1ccc(Br)cc1. The van der Waals surface area contributed by atoms with Gasteiger partial charge in [0.1, 0.15) is 6.61 Å². The molecule has 0 spiro atoms. The molecule has 0 saturated heterocycles. The maximum atomic E-state index is 12.1. The number of nitrogens with one attached hydrogen (secondary N) is 2. The molecule has 0 aliphatic heterocycles. The predicted octanol–water partition coefficient (Wildman–Crippen LogP) is 6.23. The molecule has 0 aliphatic rings. The van der Waals surface area contributed by atoms with Gasteiger partial charge in [-0.25, -0.2) is 10.2 Å². The second-order valence-corrected chi connectivity index (χ2v) is 8.17. The minimum Gasteiger partial charge on any atom is -0.493 e. The molecule has 2 amide bonds. The topological polar surface area (TPSA) is 72.0 Å². The molecular formula is C26H26BrN3O3. The van der Waals surface area contributed by atoms with Crippen LogP contribution in [0.1, 0.15) is 22.3 Å². The number of carbonyl (C=O) groups is 1. The van der Waals surface area contributed by atoms with E-state index in [1.807, 2.05) is 67.6 Å². The summed E-state index contributed by atoms with van der Waals surface area (Å²) in [5.74, 6) is 1.24. The van der Waals surface area contributed by atoms with Crippen LogP contribution in [0.3, 0.4) is 0 Å². The molecule has 3 aromatic rings. The highest BCUT2D eigenvalue weighted by atomic mass is 79.9. The Kier molecular flexibility index (Phi) is 8.66. The molecule has 0 unspecified atom stereocenters. The number of anilines is 1. The second kappa shape index (κ2) is 11.9. The van der Waals surface area contributed by atoms with Crippen LogP contribution in [0.5, 0.6) is 11.5 Å². The average Bonchev–Trinajstić information content (AvgIpc) is 2.81. The van der Waals surface area contributed by atoms with Gasteiger partial charge in [-0.05, 0) is 60.4 Å². The molecule has 0 aromatic heterocycles. The summed E-state index contributed by atoms with van der Waals surface area (Å²) in [6, 6.07) is 18.8. The Balaban J connectivity index is 1.72. The van der Waals surface area contributed by atoms with Gasteiger partial charge >= 0.3 is 6.03 Å². The molecule has 0 radical (unpaired) electrons. The van der Waals surface area contributed by atoms with Crippen LogP contribution in [-0.4, -0.2) is 19.4 Å². The fraction of sp³-hybridized carbons (Fsp3) is 0.154. The van der Waals surface area contributed by atoms with Gasteiger partial charge in [0.05, 0.1) is 13.3 Å². The van der Waals surface area contributed by atoms with Gasteiger partial charge in [-0.2, -0.15) is 5.10 Å². The van der Waals surface area contributed by atoms with Gasteiger partial charge in [0.2, 0.25) is 0 Å². The molecule has 6 nitrogen and oxygen atoms in total. The highest BCUT2D eigenvalue weighted by Gasteiger charge is 2.13. The van der Waals surface area contributed by atoms with Crippen molar-refractivity contribution in [3.05, 3.63) is 100 Å². The highest BCUT2D eigenvalue weighted by Crippen LogP contribution is 2.34. The van der Waals surface area contributed by atoms with Crippen LogP contribution in [0.4, 0.5) is 10.5 Å². The standard InChI is InChI=1S/C26H26BrN3O3/c1-4-7-21-14-20(16-28-30-26(31)29-23-9-6-5-8-18(23)2)15-24(32-3)25(21)33-17-19-10-12-22(27)13-11-19/h4-6,8-16H,1,7,17H2,2-3H3,(H2,29,30,31). The van der Waals surface area contributed by atoms with Crippen molar-refractivity contribution < 1.29 is 14.3 Å². The molecule has 3 rings (SSSR count). The van der Waals surface area contributed by atoms with E-state index in [1.54, 1.807) is 19.4 Å². The number of benzene rings is 3. The summed E-state index contributed by atoms with van der Waals surface area (Å²) in [5.41, 5.74) is 6.89. The van der Waals surface area contributed by atoms with Crippen LogP contribution in [0.15, 0.2) is 82.9 Å². The Hall–Kier alpha value is -3.58. The molecule has 0 atom stereocenters. The van der Waals surface area contributed by atoms with Gasteiger partial charge in [-0.15, -0.1) is 6.58 Å². The van der Waals surface area contributed by atoms with Crippen LogP contribution in [0, 0.1) is 6.92 Å². The summed E-state index contributed by atoms with van der Waals surface area (Å²) in [5, 5.41) is 6.83. The van der Waals surface area contributed by atoms with E-state index in [-0.39, 0.29) is 0 Å². The average molecular weight is 508 g/mol. The number of methoxy groups -OCH3 is 1. The Morgan fingerprint density at radius 3 is 2.61 bits per heavy atom. The first-order chi connectivity index (χ1) is 16.0. The number of hydrogen-bond donors (Lipinski definition) is 2. The van der Waals surface area contributed by atoms with E-state index in [0.717, 1.165) is 32.4 Å².